The van der Waals surface area contributed by atoms with Gasteiger partial charge in [0.1, 0.15) is 12.4 Å². The molecule has 0 unspecified atom stereocenters. The number of rotatable bonds is 5. The first-order chi connectivity index (χ1) is 12.0. The summed E-state index contributed by atoms with van der Waals surface area (Å²) in [7, 11) is 0. The fourth-order valence-electron chi connectivity index (χ4n) is 2.51. The summed E-state index contributed by atoms with van der Waals surface area (Å²) in [5.74, 6) is 0.757. The molecule has 4 heteroatoms. The minimum absolute atomic E-state index is 0.0829. The van der Waals surface area contributed by atoms with E-state index in [1.807, 2.05) is 74.7 Å². The van der Waals surface area contributed by atoms with Crippen molar-refractivity contribution in [3.05, 3.63) is 81.0 Å². The van der Waals surface area contributed by atoms with E-state index in [-0.39, 0.29) is 5.91 Å². The molecule has 1 aromatic heterocycles. The normalized spacial score (nSPS) is 10.5. The van der Waals surface area contributed by atoms with Crippen molar-refractivity contribution in [2.24, 2.45) is 0 Å². The van der Waals surface area contributed by atoms with Crippen LogP contribution in [0.4, 0.5) is 5.69 Å². The number of hydrogen-bond donors (Lipinski definition) is 1. The second kappa shape index (κ2) is 7.53. The van der Waals surface area contributed by atoms with E-state index < -0.39 is 0 Å². The minimum Gasteiger partial charge on any atom is -0.489 e. The molecule has 2 aromatic carbocycles. The second-order valence-electron chi connectivity index (χ2n) is 6.13. The van der Waals surface area contributed by atoms with Gasteiger partial charge in [-0.3, -0.25) is 4.79 Å². The average Bonchev–Trinajstić information content (AvgIpc) is 3.06. The summed E-state index contributed by atoms with van der Waals surface area (Å²) in [4.78, 5) is 13.2. The van der Waals surface area contributed by atoms with Gasteiger partial charge in [0.2, 0.25) is 0 Å². The van der Waals surface area contributed by atoms with E-state index in [0.29, 0.717) is 11.5 Å². The van der Waals surface area contributed by atoms with E-state index in [9.17, 15) is 4.79 Å². The predicted octanol–water partition coefficient (Wildman–Crippen LogP) is 5.50. The van der Waals surface area contributed by atoms with Crippen molar-refractivity contribution >= 4 is 22.9 Å². The summed E-state index contributed by atoms with van der Waals surface area (Å²) in [6, 6.07) is 15.8. The SMILES string of the molecule is Cc1cccc(OCc2csc(C(=O)Nc3cccc(C)c3C)c2)c1. The van der Waals surface area contributed by atoms with Crippen molar-refractivity contribution < 1.29 is 9.53 Å². The Labute approximate surface area is 152 Å². The molecule has 0 saturated heterocycles. The van der Waals surface area contributed by atoms with Gasteiger partial charge in [0, 0.05) is 11.3 Å². The monoisotopic (exact) mass is 351 g/mol. The fraction of sp³-hybridized carbons (Fsp3) is 0.190. The molecule has 3 rings (SSSR count). The van der Waals surface area contributed by atoms with Crippen LogP contribution in [0.2, 0.25) is 0 Å². The van der Waals surface area contributed by atoms with E-state index >= 15 is 0 Å². The molecule has 0 saturated carbocycles. The third-order valence-corrected chi connectivity index (χ3v) is 5.10. The third kappa shape index (κ3) is 4.28. The average molecular weight is 351 g/mol. The predicted molar refractivity (Wildman–Crippen MR) is 104 cm³/mol. The summed E-state index contributed by atoms with van der Waals surface area (Å²) in [5, 5.41) is 4.96. The first-order valence-corrected chi connectivity index (χ1v) is 9.05. The molecule has 1 amide bonds. The van der Waals surface area contributed by atoms with E-state index in [1.54, 1.807) is 0 Å². The molecule has 0 bridgehead atoms. The molecule has 3 nitrogen and oxygen atoms in total. The highest BCUT2D eigenvalue weighted by atomic mass is 32.1. The van der Waals surface area contributed by atoms with Gasteiger partial charge in [0.05, 0.1) is 4.88 Å². The van der Waals surface area contributed by atoms with E-state index in [4.69, 9.17) is 4.74 Å². The van der Waals surface area contributed by atoms with Crippen LogP contribution in [-0.2, 0) is 6.61 Å². The summed E-state index contributed by atoms with van der Waals surface area (Å²) in [6.07, 6.45) is 0. The Balaban J connectivity index is 1.64. The zero-order valence-electron chi connectivity index (χ0n) is 14.6. The summed E-state index contributed by atoms with van der Waals surface area (Å²) in [5.41, 5.74) is 5.27. The molecular weight excluding hydrogens is 330 g/mol. The number of carbonyl (C=O) groups is 1. The number of nitrogens with one attached hydrogen (secondary N) is 1. The van der Waals surface area contributed by atoms with Crippen LogP contribution in [0.15, 0.2) is 53.9 Å². The highest BCUT2D eigenvalue weighted by Crippen LogP contribution is 2.22. The molecule has 0 atom stereocenters. The molecule has 0 spiro atoms. The lowest BCUT2D eigenvalue weighted by Crippen LogP contribution is -2.11. The maximum atomic E-state index is 12.5. The topological polar surface area (TPSA) is 38.3 Å². The smallest absolute Gasteiger partial charge is 0.265 e. The number of ether oxygens (including phenoxy) is 1. The summed E-state index contributed by atoms with van der Waals surface area (Å²) >= 11 is 1.43. The molecule has 0 aliphatic carbocycles. The lowest BCUT2D eigenvalue weighted by Gasteiger charge is -2.09. The third-order valence-electron chi connectivity index (χ3n) is 4.13. The molecule has 1 heterocycles. The Hall–Kier alpha value is -2.59. The molecule has 128 valence electrons. The Morgan fingerprint density at radius 3 is 2.68 bits per heavy atom. The molecule has 25 heavy (non-hydrogen) atoms. The van der Waals surface area contributed by atoms with Gasteiger partial charge >= 0.3 is 0 Å². The van der Waals surface area contributed by atoms with Crippen LogP contribution in [0.3, 0.4) is 0 Å². The van der Waals surface area contributed by atoms with Crippen LogP contribution in [-0.4, -0.2) is 5.91 Å². The van der Waals surface area contributed by atoms with Gasteiger partial charge in [-0.25, -0.2) is 0 Å². The molecule has 0 aliphatic rings. The Bertz CT molecular complexity index is 898. The van der Waals surface area contributed by atoms with Crippen molar-refractivity contribution in [3.63, 3.8) is 0 Å². The highest BCUT2D eigenvalue weighted by molar-refractivity contribution is 7.12. The molecule has 0 radical (unpaired) electrons. The van der Waals surface area contributed by atoms with Crippen molar-refractivity contribution in [2.75, 3.05) is 5.32 Å². The number of anilines is 1. The number of carbonyl (C=O) groups excluding carboxylic acids is 1. The maximum Gasteiger partial charge on any atom is 0.265 e. The van der Waals surface area contributed by atoms with Gasteiger partial charge in [-0.2, -0.15) is 0 Å². The van der Waals surface area contributed by atoms with Crippen LogP contribution >= 0.6 is 11.3 Å². The van der Waals surface area contributed by atoms with Crippen LogP contribution < -0.4 is 10.1 Å². The van der Waals surface area contributed by atoms with E-state index in [1.165, 1.54) is 11.3 Å². The van der Waals surface area contributed by atoms with Gasteiger partial charge in [-0.15, -0.1) is 11.3 Å². The summed E-state index contributed by atoms with van der Waals surface area (Å²) in [6.45, 7) is 6.54. The van der Waals surface area contributed by atoms with E-state index in [2.05, 4.69) is 5.32 Å². The number of amides is 1. The quantitative estimate of drug-likeness (QED) is 0.659. The van der Waals surface area contributed by atoms with Crippen LogP contribution in [0.5, 0.6) is 5.75 Å². The zero-order chi connectivity index (χ0) is 17.8. The summed E-state index contributed by atoms with van der Waals surface area (Å²) < 4.78 is 5.79. The number of thiophene rings is 1. The number of benzene rings is 2. The van der Waals surface area contributed by atoms with Crippen molar-refractivity contribution in [2.45, 2.75) is 27.4 Å². The first-order valence-electron chi connectivity index (χ1n) is 8.17. The Morgan fingerprint density at radius 2 is 1.88 bits per heavy atom. The van der Waals surface area contributed by atoms with Gasteiger partial charge in [-0.1, -0.05) is 24.3 Å². The largest absolute Gasteiger partial charge is 0.489 e. The molecule has 3 aromatic rings. The molecule has 1 N–H and O–H groups in total. The molecule has 0 aliphatic heterocycles. The second-order valence-corrected chi connectivity index (χ2v) is 7.04. The lowest BCUT2D eigenvalue weighted by molar-refractivity contribution is 0.103. The Morgan fingerprint density at radius 1 is 1.08 bits per heavy atom. The number of hydrogen-bond acceptors (Lipinski definition) is 3. The van der Waals surface area contributed by atoms with E-state index in [0.717, 1.165) is 33.7 Å². The van der Waals surface area contributed by atoms with Crippen LogP contribution in [0, 0.1) is 20.8 Å². The fourth-order valence-corrected chi connectivity index (χ4v) is 3.30. The van der Waals surface area contributed by atoms with Crippen molar-refractivity contribution in [3.8, 4) is 5.75 Å². The Kier molecular flexibility index (Phi) is 5.19. The first kappa shape index (κ1) is 17.2. The van der Waals surface area contributed by atoms with Gasteiger partial charge in [0.25, 0.3) is 5.91 Å². The number of aryl methyl sites for hydroxylation is 2. The van der Waals surface area contributed by atoms with Crippen molar-refractivity contribution in [1.29, 1.82) is 0 Å². The van der Waals surface area contributed by atoms with Gasteiger partial charge in [-0.05, 0) is 67.1 Å². The van der Waals surface area contributed by atoms with Crippen LogP contribution in [0.25, 0.3) is 0 Å². The van der Waals surface area contributed by atoms with Gasteiger partial charge in [0.15, 0.2) is 0 Å². The minimum atomic E-state index is -0.0829. The molecular formula is C21H21NO2S. The standard InChI is InChI=1S/C21H21NO2S/c1-14-6-4-8-18(10-14)24-12-17-11-20(25-13-17)21(23)22-19-9-5-7-15(2)16(19)3/h4-11,13H,12H2,1-3H3,(H,22,23). The maximum absolute atomic E-state index is 12.5. The highest BCUT2D eigenvalue weighted by Gasteiger charge is 2.11. The van der Waals surface area contributed by atoms with Gasteiger partial charge < -0.3 is 10.1 Å². The lowest BCUT2D eigenvalue weighted by atomic mass is 10.1. The van der Waals surface area contributed by atoms with Crippen LogP contribution in [0.1, 0.15) is 31.9 Å². The molecule has 0 fully saturated rings. The zero-order valence-corrected chi connectivity index (χ0v) is 15.4. The van der Waals surface area contributed by atoms with Crippen molar-refractivity contribution in [1.82, 2.24) is 0 Å².